The van der Waals surface area contributed by atoms with Crippen molar-refractivity contribution in [3.63, 3.8) is 0 Å². The van der Waals surface area contributed by atoms with Crippen LogP contribution in [-0.2, 0) is 6.42 Å². The summed E-state index contributed by atoms with van der Waals surface area (Å²) in [4.78, 5) is 8.69. The van der Waals surface area contributed by atoms with Crippen molar-refractivity contribution in [1.29, 1.82) is 0 Å². The first kappa shape index (κ1) is 18.0. The van der Waals surface area contributed by atoms with Crippen LogP contribution in [-0.4, -0.2) is 22.6 Å². The first-order chi connectivity index (χ1) is 11.5. The Balaban J connectivity index is 1.80. The van der Waals surface area contributed by atoms with Crippen molar-refractivity contribution in [2.45, 2.75) is 52.4 Å². The predicted octanol–water partition coefficient (Wildman–Crippen LogP) is 3.68. The maximum absolute atomic E-state index is 5.94. The molecule has 1 heterocycles. The third-order valence-corrected chi connectivity index (χ3v) is 3.66. The molecule has 3 N–H and O–H groups in total. The number of aromatic nitrogens is 2. The maximum atomic E-state index is 5.94. The fraction of sp³-hybridized carbons (Fsp3) is 0.500. The number of rotatable bonds is 7. The molecule has 0 unspecified atom stereocenters. The number of aryl methyl sites for hydroxylation is 1. The molecule has 0 radical (unpaired) electrons. The van der Waals surface area contributed by atoms with Crippen molar-refractivity contribution in [3.8, 4) is 0 Å². The lowest BCUT2D eigenvalue weighted by Gasteiger charge is -2.09. The molecule has 6 nitrogen and oxygen atoms in total. The van der Waals surface area contributed by atoms with E-state index in [1.165, 1.54) is 5.56 Å². The second-order valence-corrected chi connectivity index (χ2v) is 6.48. The smallest absolute Gasteiger partial charge is 0.226 e. The number of guanidine groups is 1. The average Bonchev–Trinajstić information content (AvgIpc) is 3.01. The van der Waals surface area contributed by atoms with Gasteiger partial charge in [0.25, 0.3) is 0 Å². The Kier molecular flexibility index (Phi) is 6.35. The number of nitrogens with zero attached hydrogens (tertiary/aromatic N) is 3. The van der Waals surface area contributed by atoms with Crippen molar-refractivity contribution in [2.24, 2.45) is 10.7 Å². The minimum absolute atomic E-state index is 0.280. The molecule has 130 valence electrons. The van der Waals surface area contributed by atoms with E-state index in [1.54, 1.807) is 0 Å². The van der Waals surface area contributed by atoms with Gasteiger partial charge in [-0.05, 0) is 30.0 Å². The third-order valence-electron chi connectivity index (χ3n) is 3.66. The molecule has 6 heteroatoms. The van der Waals surface area contributed by atoms with Gasteiger partial charge in [-0.1, -0.05) is 45.0 Å². The highest BCUT2D eigenvalue weighted by Gasteiger charge is 2.08. The minimum Gasteiger partial charge on any atom is -0.370 e. The largest absolute Gasteiger partial charge is 0.370 e. The van der Waals surface area contributed by atoms with E-state index < -0.39 is 0 Å². The molecule has 0 saturated carbocycles. The van der Waals surface area contributed by atoms with Gasteiger partial charge in [0.2, 0.25) is 5.89 Å². The number of aliphatic imine (C=N–C) groups is 1. The fourth-order valence-corrected chi connectivity index (χ4v) is 2.20. The SMILES string of the molecule is CC(C)c1cccc(NC(N)=NCCCc2nc(C(C)C)no2)c1. The average molecular weight is 329 g/mol. The summed E-state index contributed by atoms with van der Waals surface area (Å²) in [5.41, 5.74) is 8.17. The summed E-state index contributed by atoms with van der Waals surface area (Å²) < 4.78 is 5.21. The zero-order valence-electron chi connectivity index (χ0n) is 14.9. The highest BCUT2D eigenvalue weighted by molar-refractivity contribution is 5.92. The monoisotopic (exact) mass is 329 g/mol. The van der Waals surface area contributed by atoms with Gasteiger partial charge >= 0.3 is 0 Å². The molecule has 0 aliphatic rings. The van der Waals surface area contributed by atoms with E-state index in [2.05, 4.69) is 46.4 Å². The molecular weight excluding hydrogens is 302 g/mol. The van der Waals surface area contributed by atoms with Crippen LogP contribution in [0.5, 0.6) is 0 Å². The van der Waals surface area contributed by atoms with Crippen LogP contribution in [0.4, 0.5) is 5.69 Å². The van der Waals surface area contributed by atoms with Crippen molar-refractivity contribution in [3.05, 3.63) is 41.5 Å². The lowest BCUT2D eigenvalue weighted by Crippen LogP contribution is -2.23. The Morgan fingerprint density at radius 3 is 2.71 bits per heavy atom. The molecule has 0 aliphatic carbocycles. The summed E-state index contributed by atoms with van der Waals surface area (Å²) in [6, 6.07) is 8.21. The van der Waals surface area contributed by atoms with E-state index in [4.69, 9.17) is 10.3 Å². The molecule has 0 amide bonds. The molecule has 0 bridgehead atoms. The van der Waals surface area contributed by atoms with Crippen LogP contribution in [0.2, 0.25) is 0 Å². The van der Waals surface area contributed by atoms with Gasteiger partial charge in [-0.3, -0.25) is 4.99 Å². The molecule has 2 rings (SSSR count). The highest BCUT2D eigenvalue weighted by Crippen LogP contribution is 2.18. The molecular formula is C18H27N5O. The van der Waals surface area contributed by atoms with E-state index >= 15 is 0 Å². The van der Waals surface area contributed by atoms with Crippen LogP contribution < -0.4 is 11.1 Å². The van der Waals surface area contributed by atoms with Crippen molar-refractivity contribution < 1.29 is 4.52 Å². The molecule has 0 atom stereocenters. The van der Waals surface area contributed by atoms with Gasteiger partial charge in [0.05, 0.1) is 0 Å². The zero-order valence-corrected chi connectivity index (χ0v) is 14.9. The first-order valence-electron chi connectivity index (χ1n) is 8.45. The van der Waals surface area contributed by atoms with Gasteiger partial charge in [0.1, 0.15) is 0 Å². The second kappa shape index (κ2) is 8.47. The topological polar surface area (TPSA) is 89.3 Å². The predicted molar refractivity (Wildman–Crippen MR) is 97.4 cm³/mol. The van der Waals surface area contributed by atoms with Gasteiger partial charge in [0, 0.05) is 24.6 Å². The first-order valence-corrected chi connectivity index (χ1v) is 8.45. The molecule has 24 heavy (non-hydrogen) atoms. The second-order valence-electron chi connectivity index (χ2n) is 6.48. The number of benzene rings is 1. The van der Waals surface area contributed by atoms with Crippen LogP contribution in [0.3, 0.4) is 0 Å². The Morgan fingerprint density at radius 1 is 1.25 bits per heavy atom. The van der Waals surface area contributed by atoms with Gasteiger partial charge in [-0.25, -0.2) is 0 Å². The summed E-state index contributed by atoms with van der Waals surface area (Å²) in [5, 5.41) is 7.08. The zero-order chi connectivity index (χ0) is 17.5. The Morgan fingerprint density at radius 2 is 2.04 bits per heavy atom. The number of anilines is 1. The molecule has 0 aliphatic heterocycles. The van der Waals surface area contributed by atoms with Gasteiger partial charge in [-0.15, -0.1) is 0 Å². The molecule has 0 spiro atoms. The lowest BCUT2D eigenvalue weighted by atomic mass is 10.0. The van der Waals surface area contributed by atoms with Gasteiger partial charge in [0.15, 0.2) is 11.8 Å². The summed E-state index contributed by atoms with van der Waals surface area (Å²) in [6.07, 6.45) is 1.52. The van der Waals surface area contributed by atoms with E-state index in [1.807, 2.05) is 26.0 Å². The van der Waals surface area contributed by atoms with Crippen LogP contribution in [0, 0.1) is 0 Å². The quantitative estimate of drug-likeness (QED) is 0.459. The third kappa shape index (κ3) is 5.37. The molecule has 1 aromatic heterocycles. The number of hydrogen-bond acceptors (Lipinski definition) is 4. The Labute approximate surface area is 143 Å². The van der Waals surface area contributed by atoms with E-state index in [0.717, 1.165) is 17.9 Å². The van der Waals surface area contributed by atoms with E-state index in [9.17, 15) is 0 Å². The lowest BCUT2D eigenvalue weighted by molar-refractivity contribution is 0.369. The summed E-state index contributed by atoms with van der Waals surface area (Å²) in [6.45, 7) is 9.03. The molecule has 0 saturated heterocycles. The number of hydrogen-bond donors (Lipinski definition) is 2. The fourth-order valence-electron chi connectivity index (χ4n) is 2.20. The van der Waals surface area contributed by atoms with Crippen LogP contribution in [0.25, 0.3) is 0 Å². The van der Waals surface area contributed by atoms with Crippen LogP contribution in [0.1, 0.15) is 63.2 Å². The standard InChI is InChI=1S/C18H27N5O/c1-12(2)14-7-5-8-15(11-14)21-18(19)20-10-6-9-16-22-17(13(3)4)23-24-16/h5,7-8,11-13H,6,9-10H2,1-4H3,(H3,19,20,21). The van der Waals surface area contributed by atoms with Crippen LogP contribution in [0.15, 0.2) is 33.8 Å². The minimum atomic E-state index is 0.280. The van der Waals surface area contributed by atoms with E-state index in [-0.39, 0.29) is 5.92 Å². The van der Waals surface area contributed by atoms with Crippen molar-refractivity contribution in [1.82, 2.24) is 10.1 Å². The van der Waals surface area contributed by atoms with E-state index in [0.29, 0.717) is 30.7 Å². The molecule has 0 fully saturated rings. The van der Waals surface area contributed by atoms with Gasteiger partial charge in [-0.2, -0.15) is 4.98 Å². The number of nitrogens with one attached hydrogen (secondary N) is 1. The van der Waals surface area contributed by atoms with Crippen molar-refractivity contribution >= 4 is 11.6 Å². The summed E-state index contributed by atoms with van der Waals surface area (Å²) in [5.74, 6) is 2.59. The van der Waals surface area contributed by atoms with Crippen molar-refractivity contribution in [2.75, 3.05) is 11.9 Å². The maximum Gasteiger partial charge on any atom is 0.226 e. The molecule has 2 aromatic rings. The number of nitrogens with two attached hydrogens (primary N) is 1. The normalized spacial score (nSPS) is 12.2. The Bertz CT molecular complexity index is 676. The Hall–Kier alpha value is -2.37. The highest BCUT2D eigenvalue weighted by atomic mass is 16.5. The summed E-state index contributed by atoms with van der Waals surface area (Å²) in [7, 11) is 0. The molecule has 1 aromatic carbocycles. The van der Waals surface area contributed by atoms with Gasteiger partial charge < -0.3 is 15.6 Å². The summed E-state index contributed by atoms with van der Waals surface area (Å²) >= 11 is 0. The van der Waals surface area contributed by atoms with Crippen LogP contribution >= 0.6 is 0 Å².